The summed E-state index contributed by atoms with van der Waals surface area (Å²) in [6.45, 7) is 4.85. The first kappa shape index (κ1) is 40.1. The van der Waals surface area contributed by atoms with Crippen molar-refractivity contribution in [3.8, 4) is 0 Å². The zero-order valence-corrected chi connectivity index (χ0v) is 27.4. The van der Waals surface area contributed by atoms with E-state index in [4.69, 9.17) is 10.5 Å². The van der Waals surface area contributed by atoms with E-state index in [1.807, 2.05) is 0 Å². The highest BCUT2D eigenvalue weighted by atomic mass is 16.5. The number of unbranched alkanes of at least 4 members (excludes halogenated alkanes) is 15. The van der Waals surface area contributed by atoms with E-state index in [2.05, 4.69) is 31.3 Å². The van der Waals surface area contributed by atoms with E-state index < -0.39 is 12.0 Å². The second kappa shape index (κ2) is 30.6. The fourth-order valence-electron chi connectivity index (χ4n) is 5.15. The van der Waals surface area contributed by atoms with Gasteiger partial charge in [-0.1, -0.05) is 96.6 Å². The van der Waals surface area contributed by atoms with E-state index >= 15 is 0 Å². The van der Waals surface area contributed by atoms with Gasteiger partial charge in [0.15, 0.2) is 0 Å². The molecule has 246 valence electrons. The van der Waals surface area contributed by atoms with Crippen molar-refractivity contribution in [2.75, 3.05) is 6.54 Å². The summed E-state index contributed by atoms with van der Waals surface area (Å²) in [5, 5.41) is 11.9. The molecule has 1 amide bonds. The van der Waals surface area contributed by atoms with Crippen molar-refractivity contribution in [3.05, 3.63) is 12.2 Å². The minimum absolute atomic E-state index is 0.0470. The zero-order valence-electron chi connectivity index (χ0n) is 27.4. The molecule has 0 spiro atoms. The van der Waals surface area contributed by atoms with Crippen molar-refractivity contribution in [2.24, 2.45) is 5.73 Å². The maximum atomic E-state index is 12.5. The average Bonchev–Trinajstić information content (AvgIpc) is 2.97. The highest BCUT2D eigenvalue weighted by Crippen LogP contribution is 2.17. The molecule has 7 heteroatoms. The van der Waals surface area contributed by atoms with Gasteiger partial charge in [-0.2, -0.15) is 0 Å². The van der Waals surface area contributed by atoms with Crippen LogP contribution in [0.25, 0.3) is 0 Å². The van der Waals surface area contributed by atoms with Gasteiger partial charge in [0.1, 0.15) is 12.1 Å². The van der Waals surface area contributed by atoms with Crippen LogP contribution in [0, 0.1) is 0 Å². The number of rotatable bonds is 31. The fraction of sp³-hybridized carbons (Fsp3) is 0.857. The van der Waals surface area contributed by atoms with Crippen LogP contribution in [0.5, 0.6) is 0 Å². The van der Waals surface area contributed by atoms with Gasteiger partial charge >= 0.3 is 11.9 Å². The van der Waals surface area contributed by atoms with Crippen molar-refractivity contribution in [3.63, 3.8) is 0 Å². The van der Waals surface area contributed by atoms with Crippen LogP contribution in [-0.2, 0) is 19.1 Å². The standard InChI is InChI=1S/C35H66N2O5/c1-3-5-7-9-10-11-12-13-14-15-16-17-18-23-29-34(39)42-31(25-20-8-6-4-2)26-21-19-22-28-33(38)37-32(35(40)41)27-24-30-36/h12-13,31-32H,3-11,14-30,36H2,1-2H3,(H,37,38)(H,40,41)/b13-12-. The smallest absolute Gasteiger partial charge is 0.326 e. The number of hydrogen-bond acceptors (Lipinski definition) is 5. The van der Waals surface area contributed by atoms with Gasteiger partial charge in [-0.15, -0.1) is 0 Å². The Balaban J connectivity index is 4.11. The van der Waals surface area contributed by atoms with Gasteiger partial charge < -0.3 is 20.9 Å². The normalized spacial score (nSPS) is 12.8. The number of hydrogen-bond donors (Lipinski definition) is 3. The SMILES string of the molecule is CCCCCCC/C=C\CCCCCCCC(=O)OC(CCCCCC)CCCCCC(=O)NC(CCCN)C(=O)O. The Morgan fingerprint density at radius 3 is 1.74 bits per heavy atom. The minimum atomic E-state index is -1.02. The van der Waals surface area contributed by atoms with Gasteiger partial charge in [-0.05, 0) is 83.6 Å². The first-order valence-electron chi connectivity index (χ1n) is 17.5. The summed E-state index contributed by atoms with van der Waals surface area (Å²) >= 11 is 0. The number of carbonyl (C=O) groups excluding carboxylic acids is 2. The summed E-state index contributed by atoms with van der Waals surface area (Å²) < 4.78 is 5.89. The quantitative estimate of drug-likeness (QED) is 0.0419. The van der Waals surface area contributed by atoms with Crippen LogP contribution in [0.2, 0.25) is 0 Å². The summed E-state index contributed by atoms with van der Waals surface area (Å²) in [6.07, 6.45) is 29.8. The van der Waals surface area contributed by atoms with Gasteiger partial charge in [-0.3, -0.25) is 9.59 Å². The second-order valence-electron chi connectivity index (χ2n) is 11.9. The molecule has 42 heavy (non-hydrogen) atoms. The van der Waals surface area contributed by atoms with Crippen molar-refractivity contribution in [1.29, 1.82) is 0 Å². The lowest BCUT2D eigenvalue weighted by atomic mass is 10.0. The van der Waals surface area contributed by atoms with Gasteiger partial charge in [0, 0.05) is 12.8 Å². The van der Waals surface area contributed by atoms with Crippen LogP contribution in [0.15, 0.2) is 12.2 Å². The first-order chi connectivity index (χ1) is 20.4. The lowest BCUT2D eigenvalue weighted by molar-refractivity contribution is -0.150. The summed E-state index contributed by atoms with van der Waals surface area (Å²) in [5.41, 5.74) is 5.46. The van der Waals surface area contributed by atoms with Crippen LogP contribution in [0.3, 0.4) is 0 Å². The van der Waals surface area contributed by atoms with Crippen molar-refractivity contribution in [1.82, 2.24) is 5.32 Å². The summed E-state index contributed by atoms with van der Waals surface area (Å²) in [7, 11) is 0. The number of esters is 1. The van der Waals surface area contributed by atoms with Crippen molar-refractivity contribution in [2.45, 2.75) is 187 Å². The monoisotopic (exact) mass is 594 g/mol. The molecule has 0 aromatic rings. The Labute approximate surface area is 258 Å². The van der Waals surface area contributed by atoms with E-state index in [0.29, 0.717) is 38.6 Å². The van der Waals surface area contributed by atoms with Crippen LogP contribution in [-0.4, -0.2) is 41.6 Å². The van der Waals surface area contributed by atoms with Gasteiger partial charge in [0.2, 0.25) is 5.91 Å². The van der Waals surface area contributed by atoms with E-state index in [-0.39, 0.29) is 18.0 Å². The Kier molecular flexibility index (Phi) is 29.2. The molecule has 0 aromatic carbocycles. The highest BCUT2D eigenvalue weighted by Gasteiger charge is 2.19. The number of carboxylic acids is 1. The van der Waals surface area contributed by atoms with E-state index in [1.54, 1.807) is 0 Å². The summed E-state index contributed by atoms with van der Waals surface area (Å²) in [5.74, 6) is -1.32. The Bertz CT molecular complexity index is 682. The fourth-order valence-corrected chi connectivity index (χ4v) is 5.15. The third-order valence-electron chi connectivity index (χ3n) is 7.83. The zero-order chi connectivity index (χ0) is 31.1. The van der Waals surface area contributed by atoms with E-state index in [0.717, 1.165) is 51.4 Å². The third kappa shape index (κ3) is 27.0. The molecule has 0 aromatic heterocycles. The Morgan fingerprint density at radius 2 is 1.17 bits per heavy atom. The molecule has 2 unspecified atom stereocenters. The molecule has 7 nitrogen and oxygen atoms in total. The molecule has 0 rings (SSSR count). The van der Waals surface area contributed by atoms with Crippen LogP contribution in [0.4, 0.5) is 0 Å². The minimum Gasteiger partial charge on any atom is -0.480 e. The molecule has 0 aliphatic carbocycles. The number of ether oxygens (including phenoxy) is 1. The summed E-state index contributed by atoms with van der Waals surface area (Å²) in [4.78, 5) is 36.0. The van der Waals surface area contributed by atoms with Crippen molar-refractivity contribution >= 4 is 17.8 Å². The number of allylic oxidation sites excluding steroid dienone is 2. The van der Waals surface area contributed by atoms with Gasteiger partial charge in [-0.25, -0.2) is 4.79 Å². The number of aliphatic carboxylic acids is 1. The molecular formula is C35H66N2O5. The van der Waals surface area contributed by atoms with Crippen LogP contribution in [0.1, 0.15) is 174 Å². The molecule has 0 aliphatic rings. The second-order valence-corrected chi connectivity index (χ2v) is 11.9. The molecule has 0 heterocycles. The molecule has 0 radical (unpaired) electrons. The molecule has 0 fully saturated rings. The number of carbonyl (C=O) groups is 3. The molecule has 0 aliphatic heterocycles. The van der Waals surface area contributed by atoms with Gasteiger partial charge in [0.05, 0.1) is 0 Å². The molecule has 0 saturated carbocycles. The predicted molar refractivity (Wildman–Crippen MR) is 174 cm³/mol. The maximum absolute atomic E-state index is 12.5. The first-order valence-corrected chi connectivity index (χ1v) is 17.5. The Morgan fingerprint density at radius 1 is 0.667 bits per heavy atom. The summed E-state index contributed by atoms with van der Waals surface area (Å²) in [6, 6.07) is -0.871. The third-order valence-corrected chi connectivity index (χ3v) is 7.83. The number of carboxylic acid groups (broad SMARTS) is 1. The predicted octanol–water partition coefficient (Wildman–Crippen LogP) is 8.77. The average molecular weight is 595 g/mol. The molecule has 2 atom stereocenters. The van der Waals surface area contributed by atoms with Crippen LogP contribution >= 0.6 is 0 Å². The number of nitrogens with one attached hydrogen (secondary N) is 1. The lowest BCUT2D eigenvalue weighted by Gasteiger charge is -2.18. The van der Waals surface area contributed by atoms with E-state index in [1.165, 1.54) is 77.0 Å². The number of amides is 1. The highest BCUT2D eigenvalue weighted by molar-refractivity contribution is 5.83. The molecule has 4 N–H and O–H groups in total. The topological polar surface area (TPSA) is 119 Å². The largest absolute Gasteiger partial charge is 0.480 e. The maximum Gasteiger partial charge on any atom is 0.326 e. The van der Waals surface area contributed by atoms with Gasteiger partial charge in [0.25, 0.3) is 0 Å². The van der Waals surface area contributed by atoms with Crippen molar-refractivity contribution < 1.29 is 24.2 Å². The van der Waals surface area contributed by atoms with Crippen LogP contribution < -0.4 is 11.1 Å². The lowest BCUT2D eigenvalue weighted by Crippen LogP contribution is -2.40. The Hall–Kier alpha value is -1.89. The number of nitrogens with two attached hydrogens (primary N) is 1. The van der Waals surface area contributed by atoms with E-state index in [9.17, 15) is 19.5 Å². The molecule has 0 bridgehead atoms. The molecule has 0 saturated heterocycles. The molecular weight excluding hydrogens is 528 g/mol.